The molecule has 3 aromatic carbocycles. The highest BCUT2D eigenvalue weighted by Crippen LogP contribution is 2.33. The van der Waals surface area contributed by atoms with Crippen molar-refractivity contribution in [3.8, 4) is 29.6 Å². The number of carbonyl (C=O) groups excluding carboxylic acids is 1. The molecule has 30 heavy (non-hydrogen) atoms. The molecule has 0 spiro atoms. The van der Waals surface area contributed by atoms with Gasteiger partial charge >= 0.3 is 0 Å². The van der Waals surface area contributed by atoms with E-state index in [0.717, 1.165) is 10.8 Å². The van der Waals surface area contributed by atoms with E-state index in [1.54, 1.807) is 24.3 Å². The van der Waals surface area contributed by atoms with Crippen LogP contribution in [0.5, 0.6) is 17.2 Å². The second-order valence-corrected chi connectivity index (χ2v) is 7.02. The van der Waals surface area contributed by atoms with E-state index in [-0.39, 0.29) is 17.9 Å². The predicted molar refractivity (Wildman–Crippen MR) is 120 cm³/mol. The molecule has 0 aliphatic carbocycles. The zero-order valence-corrected chi connectivity index (χ0v) is 17.8. The Balaban J connectivity index is 1.79. The van der Waals surface area contributed by atoms with Gasteiger partial charge in [0.15, 0.2) is 11.5 Å². The minimum atomic E-state index is -0.523. The number of hydrogen-bond acceptors (Lipinski definition) is 5. The number of ether oxygens (including phenoxy) is 2. The lowest BCUT2D eigenvalue weighted by Gasteiger charge is -2.12. The van der Waals surface area contributed by atoms with Gasteiger partial charge in [-0.2, -0.15) is 5.10 Å². The summed E-state index contributed by atoms with van der Waals surface area (Å²) in [7, 11) is 0. The molecule has 0 bridgehead atoms. The Labute approximate surface area is 182 Å². The number of terminal acetylenes is 1. The average Bonchev–Trinajstić information content (AvgIpc) is 2.74. The Morgan fingerprint density at radius 2 is 1.90 bits per heavy atom. The molecule has 3 aromatic rings. The number of benzene rings is 3. The number of halogens is 1. The summed E-state index contributed by atoms with van der Waals surface area (Å²) in [4.78, 5) is 12.5. The fourth-order valence-corrected chi connectivity index (χ4v) is 3.21. The highest BCUT2D eigenvalue weighted by atomic mass is 79.9. The maximum absolute atomic E-state index is 12.5. The Morgan fingerprint density at radius 3 is 2.60 bits per heavy atom. The molecular weight excluding hydrogens is 448 g/mol. The summed E-state index contributed by atoms with van der Waals surface area (Å²) < 4.78 is 11.8. The van der Waals surface area contributed by atoms with Crippen molar-refractivity contribution >= 4 is 38.8 Å². The van der Waals surface area contributed by atoms with Gasteiger partial charge in [-0.25, -0.2) is 5.43 Å². The monoisotopic (exact) mass is 466 g/mol. The predicted octanol–water partition coefficient (Wildman–Crippen LogP) is 4.48. The molecule has 0 saturated heterocycles. The number of rotatable bonds is 7. The Bertz CT molecular complexity index is 1150. The van der Waals surface area contributed by atoms with Gasteiger partial charge in [-0.15, -0.1) is 6.42 Å². The quantitative estimate of drug-likeness (QED) is 0.305. The van der Waals surface area contributed by atoms with Crippen LogP contribution in [0.1, 0.15) is 22.8 Å². The van der Waals surface area contributed by atoms with Crippen LogP contribution in [0.2, 0.25) is 0 Å². The number of hydrogen-bond donors (Lipinski definition) is 2. The highest BCUT2D eigenvalue weighted by Gasteiger charge is 2.13. The molecule has 0 aliphatic rings. The van der Waals surface area contributed by atoms with Crippen molar-refractivity contribution in [2.24, 2.45) is 5.10 Å². The smallest absolute Gasteiger partial charge is 0.275 e. The number of hydrazone groups is 1. The van der Waals surface area contributed by atoms with Gasteiger partial charge in [0.2, 0.25) is 0 Å². The van der Waals surface area contributed by atoms with Crippen LogP contribution in [0, 0.1) is 12.3 Å². The summed E-state index contributed by atoms with van der Waals surface area (Å²) in [5, 5.41) is 15.9. The first-order valence-corrected chi connectivity index (χ1v) is 9.90. The van der Waals surface area contributed by atoms with Gasteiger partial charge in [0.05, 0.1) is 18.4 Å². The number of fused-ring (bicyclic) bond motifs is 1. The van der Waals surface area contributed by atoms with Crippen LogP contribution in [0.3, 0.4) is 0 Å². The number of amides is 1. The van der Waals surface area contributed by atoms with Crippen LogP contribution in [0.4, 0.5) is 0 Å². The van der Waals surface area contributed by atoms with Crippen molar-refractivity contribution in [3.05, 3.63) is 64.1 Å². The van der Waals surface area contributed by atoms with E-state index < -0.39 is 5.91 Å². The van der Waals surface area contributed by atoms with Gasteiger partial charge in [-0.05, 0) is 57.9 Å². The number of phenols is 1. The summed E-state index contributed by atoms with van der Waals surface area (Å²) in [6.07, 6.45) is 6.71. The average molecular weight is 467 g/mol. The molecule has 152 valence electrons. The summed E-state index contributed by atoms with van der Waals surface area (Å²) >= 11 is 3.44. The van der Waals surface area contributed by atoms with Gasteiger partial charge in [0.1, 0.15) is 12.4 Å². The van der Waals surface area contributed by atoms with Gasteiger partial charge in [0, 0.05) is 10.0 Å². The molecule has 0 saturated carbocycles. The molecule has 6 nitrogen and oxygen atoms in total. The number of phenolic OH excluding ortho intramolecular Hbond substituents is 1. The molecule has 0 unspecified atom stereocenters. The van der Waals surface area contributed by atoms with Crippen molar-refractivity contribution in [1.82, 2.24) is 5.43 Å². The van der Waals surface area contributed by atoms with Gasteiger partial charge in [-0.1, -0.05) is 30.2 Å². The minimum Gasteiger partial charge on any atom is -0.507 e. The number of carbonyl (C=O) groups is 1. The molecule has 0 aliphatic heterocycles. The first-order valence-electron chi connectivity index (χ1n) is 9.11. The standard InChI is InChI=1S/C23H19BrN2O4/c1-3-9-30-22-13-19(24)17(12-21(22)29-4-2)14-25-26-23(28)18-10-15-7-5-6-8-16(15)11-20(18)27/h1,5-8,10-14,27H,4,9H2,2H3,(H,26,28). The molecule has 3 rings (SSSR count). The fraction of sp³-hybridized carbons (Fsp3) is 0.130. The van der Waals surface area contributed by atoms with Crippen molar-refractivity contribution in [1.29, 1.82) is 0 Å². The van der Waals surface area contributed by atoms with Crippen LogP contribution in [0.25, 0.3) is 10.8 Å². The van der Waals surface area contributed by atoms with Gasteiger partial charge in [-0.3, -0.25) is 4.79 Å². The van der Waals surface area contributed by atoms with E-state index >= 15 is 0 Å². The zero-order chi connectivity index (χ0) is 21.5. The number of aromatic hydroxyl groups is 1. The SMILES string of the molecule is C#CCOc1cc(Br)c(C=NNC(=O)c2cc3ccccc3cc2O)cc1OCC. The van der Waals surface area contributed by atoms with Crippen molar-refractivity contribution in [2.75, 3.05) is 13.2 Å². The highest BCUT2D eigenvalue weighted by molar-refractivity contribution is 9.10. The van der Waals surface area contributed by atoms with Crippen LogP contribution in [-0.4, -0.2) is 30.4 Å². The van der Waals surface area contributed by atoms with E-state index in [2.05, 4.69) is 32.4 Å². The molecule has 1 amide bonds. The van der Waals surface area contributed by atoms with Crippen LogP contribution >= 0.6 is 15.9 Å². The van der Waals surface area contributed by atoms with E-state index in [0.29, 0.717) is 28.1 Å². The normalized spacial score (nSPS) is 10.7. The molecule has 2 N–H and O–H groups in total. The molecule has 7 heteroatoms. The third-order valence-electron chi connectivity index (χ3n) is 4.15. The fourth-order valence-electron chi connectivity index (χ4n) is 2.78. The van der Waals surface area contributed by atoms with Gasteiger partial charge in [0.25, 0.3) is 5.91 Å². The van der Waals surface area contributed by atoms with Crippen molar-refractivity contribution in [3.63, 3.8) is 0 Å². The zero-order valence-electron chi connectivity index (χ0n) is 16.2. The lowest BCUT2D eigenvalue weighted by molar-refractivity contribution is 0.0952. The molecular formula is C23H19BrN2O4. The molecule has 0 fully saturated rings. The van der Waals surface area contributed by atoms with Gasteiger partial charge < -0.3 is 14.6 Å². The molecule has 0 radical (unpaired) electrons. The summed E-state index contributed by atoms with van der Waals surface area (Å²) in [5.74, 6) is 2.79. The Kier molecular flexibility index (Phi) is 6.94. The third kappa shape index (κ3) is 4.91. The largest absolute Gasteiger partial charge is 0.507 e. The molecule has 0 heterocycles. The van der Waals surface area contributed by atoms with Crippen molar-refractivity contribution in [2.45, 2.75) is 6.92 Å². The van der Waals surface area contributed by atoms with E-state index in [9.17, 15) is 9.90 Å². The third-order valence-corrected chi connectivity index (χ3v) is 4.84. The van der Waals surface area contributed by atoms with Crippen LogP contribution < -0.4 is 14.9 Å². The number of nitrogens with zero attached hydrogens (tertiary/aromatic N) is 1. The number of nitrogens with one attached hydrogen (secondary N) is 1. The van der Waals surface area contributed by atoms with Crippen LogP contribution in [0.15, 0.2) is 58.1 Å². The van der Waals surface area contributed by atoms with E-state index in [1.807, 2.05) is 31.2 Å². The lowest BCUT2D eigenvalue weighted by atomic mass is 10.1. The Hall–Kier alpha value is -3.50. The maximum atomic E-state index is 12.5. The second kappa shape index (κ2) is 9.81. The summed E-state index contributed by atoms with van der Waals surface area (Å²) in [6.45, 7) is 2.42. The van der Waals surface area contributed by atoms with Crippen molar-refractivity contribution < 1.29 is 19.4 Å². The molecule has 0 aromatic heterocycles. The summed E-state index contributed by atoms with van der Waals surface area (Å²) in [5.41, 5.74) is 3.23. The van der Waals surface area contributed by atoms with E-state index in [4.69, 9.17) is 15.9 Å². The van der Waals surface area contributed by atoms with Crippen LogP contribution in [-0.2, 0) is 0 Å². The minimum absolute atomic E-state index is 0.115. The summed E-state index contributed by atoms with van der Waals surface area (Å²) in [6, 6.07) is 14.1. The Morgan fingerprint density at radius 1 is 1.20 bits per heavy atom. The second-order valence-electron chi connectivity index (χ2n) is 6.16. The lowest BCUT2D eigenvalue weighted by Crippen LogP contribution is -2.17. The first-order chi connectivity index (χ1) is 14.5. The first kappa shape index (κ1) is 21.2. The van der Waals surface area contributed by atoms with E-state index in [1.165, 1.54) is 6.21 Å². The molecule has 0 atom stereocenters. The maximum Gasteiger partial charge on any atom is 0.275 e. The topological polar surface area (TPSA) is 80.2 Å².